The Hall–Kier alpha value is -3.80. The van der Waals surface area contributed by atoms with Gasteiger partial charge in [-0.1, -0.05) is 50.3 Å². The summed E-state index contributed by atoms with van der Waals surface area (Å²) in [5.74, 6) is -0.855. The fourth-order valence-electron chi connectivity index (χ4n) is 3.47. The molecule has 1 heterocycles. The summed E-state index contributed by atoms with van der Waals surface area (Å²) in [6.45, 7) is 6.53. The molecule has 0 aliphatic rings. The number of rotatable bonds is 10. The van der Waals surface area contributed by atoms with Crippen molar-refractivity contribution in [3.8, 4) is 0 Å². The highest BCUT2D eigenvalue weighted by atomic mass is 19.1. The molecule has 0 radical (unpaired) electrons. The number of nitrogens with zero attached hydrogens (tertiary/aromatic N) is 3. The van der Waals surface area contributed by atoms with E-state index in [-0.39, 0.29) is 0 Å². The van der Waals surface area contributed by atoms with Crippen molar-refractivity contribution >= 4 is 35.7 Å². The van der Waals surface area contributed by atoms with E-state index >= 15 is 0 Å². The molecule has 3 aromatic rings. The lowest BCUT2D eigenvalue weighted by Gasteiger charge is -2.23. The largest absolute Gasteiger partial charge is 0.372 e. The van der Waals surface area contributed by atoms with E-state index in [0.717, 1.165) is 49.2 Å². The van der Waals surface area contributed by atoms with E-state index in [0.29, 0.717) is 11.3 Å². The Bertz CT molecular complexity index is 1120. The van der Waals surface area contributed by atoms with Crippen molar-refractivity contribution in [1.82, 2.24) is 4.98 Å². The van der Waals surface area contributed by atoms with Gasteiger partial charge in [-0.25, -0.2) is 0 Å². The second-order valence-corrected chi connectivity index (χ2v) is 7.73. The summed E-state index contributed by atoms with van der Waals surface area (Å²) in [5.41, 5.74) is 4.05. The second kappa shape index (κ2) is 11.7. The monoisotopic (exact) mass is 445 g/mol. The van der Waals surface area contributed by atoms with Gasteiger partial charge >= 0.3 is 5.69 Å². The highest BCUT2D eigenvalue weighted by molar-refractivity contribution is 5.72. The molecule has 170 valence electrons. The predicted octanol–water partition coefficient (Wildman–Crippen LogP) is 7.10. The van der Waals surface area contributed by atoms with Crippen LogP contribution in [0.4, 0.5) is 15.8 Å². The van der Waals surface area contributed by atoms with E-state index in [2.05, 4.69) is 54.1 Å². The number of halogens is 1. The number of aromatic nitrogens is 1. The van der Waals surface area contributed by atoms with Gasteiger partial charge in [0.15, 0.2) is 0 Å². The molecule has 0 atom stereocenters. The van der Waals surface area contributed by atoms with Gasteiger partial charge in [0.2, 0.25) is 5.82 Å². The minimum Gasteiger partial charge on any atom is -0.372 e. The quantitative estimate of drug-likeness (QED) is 0.247. The van der Waals surface area contributed by atoms with Crippen LogP contribution in [0.3, 0.4) is 0 Å². The number of benzene rings is 2. The zero-order valence-corrected chi connectivity index (χ0v) is 18.9. The molecule has 0 N–H and O–H groups in total. The summed E-state index contributed by atoms with van der Waals surface area (Å²) in [6.07, 6.45) is 11.5. The maximum Gasteiger partial charge on any atom is 0.304 e. The summed E-state index contributed by atoms with van der Waals surface area (Å²) < 4.78 is 13.7. The number of hydrogen-bond acceptors (Lipinski definition) is 4. The zero-order valence-electron chi connectivity index (χ0n) is 18.9. The van der Waals surface area contributed by atoms with E-state index in [1.54, 1.807) is 18.3 Å². The summed E-state index contributed by atoms with van der Waals surface area (Å²) in [4.78, 5) is 16.8. The maximum atomic E-state index is 13.7. The van der Waals surface area contributed by atoms with E-state index < -0.39 is 16.4 Å². The van der Waals surface area contributed by atoms with Crippen molar-refractivity contribution in [3.63, 3.8) is 0 Å². The number of hydrogen-bond donors (Lipinski definition) is 0. The van der Waals surface area contributed by atoms with Crippen LogP contribution in [0.25, 0.3) is 24.3 Å². The van der Waals surface area contributed by atoms with E-state index in [9.17, 15) is 14.5 Å². The highest BCUT2D eigenvalue weighted by Gasteiger charge is 2.12. The Balaban J connectivity index is 1.62. The van der Waals surface area contributed by atoms with Crippen LogP contribution in [0.1, 0.15) is 49.1 Å². The Kier molecular flexibility index (Phi) is 8.47. The Morgan fingerprint density at radius 2 is 1.48 bits per heavy atom. The van der Waals surface area contributed by atoms with Crippen LogP contribution < -0.4 is 4.90 Å². The van der Waals surface area contributed by atoms with Crippen LogP contribution >= 0.6 is 0 Å². The molecule has 33 heavy (non-hydrogen) atoms. The zero-order chi connectivity index (χ0) is 23.6. The molecule has 0 spiro atoms. The first kappa shape index (κ1) is 23.9. The average Bonchev–Trinajstić information content (AvgIpc) is 2.82. The van der Waals surface area contributed by atoms with Gasteiger partial charge < -0.3 is 4.90 Å². The summed E-state index contributed by atoms with van der Waals surface area (Å²) in [6, 6.07) is 16.2. The van der Waals surface area contributed by atoms with Crippen LogP contribution in [0, 0.1) is 15.9 Å². The number of nitro groups is 1. The number of anilines is 1. The van der Waals surface area contributed by atoms with Crippen molar-refractivity contribution in [1.29, 1.82) is 0 Å². The minimum atomic E-state index is -0.855. The molecule has 0 amide bonds. The van der Waals surface area contributed by atoms with Crippen molar-refractivity contribution < 1.29 is 9.31 Å². The van der Waals surface area contributed by atoms with Gasteiger partial charge in [-0.2, -0.15) is 4.39 Å². The summed E-state index contributed by atoms with van der Waals surface area (Å²) in [7, 11) is 0. The van der Waals surface area contributed by atoms with Crippen LogP contribution in [0.5, 0.6) is 0 Å². The summed E-state index contributed by atoms with van der Waals surface area (Å²) >= 11 is 0. The smallest absolute Gasteiger partial charge is 0.304 e. The van der Waals surface area contributed by atoms with Crippen molar-refractivity contribution in [2.75, 3.05) is 18.0 Å². The number of pyridine rings is 1. The third-order valence-electron chi connectivity index (χ3n) is 5.14. The van der Waals surface area contributed by atoms with Crippen LogP contribution in [0.15, 0.2) is 60.8 Å². The Morgan fingerprint density at radius 3 is 2.06 bits per heavy atom. The fraction of sp³-hybridized carbons (Fsp3) is 0.222. The van der Waals surface area contributed by atoms with E-state index in [4.69, 9.17) is 0 Å². The molecular formula is C27H28FN3O2. The normalized spacial score (nSPS) is 11.4. The molecule has 0 saturated heterocycles. The van der Waals surface area contributed by atoms with Crippen molar-refractivity contribution in [2.45, 2.75) is 26.7 Å². The van der Waals surface area contributed by atoms with Gasteiger partial charge in [-0.15, -0.1) is 0 Å². The lowest BCUT2D eigenvalue weighted by molar-refractivity contribution is -0.387. The predicted molar refractivity (Wildman–Crippen MR) is 134 cm³/mol. The van der Waals surface area contributed by atoms with Crippen molar-refractivity contribution in [3.05, 3.63) is 99.1 Å². The van der Waals surface area contributed by atoms with Gasteiger partial charge in [0.05, 0.1) is 10.6 Å². The molecular weight excluding hydrogens is 417 g/mol. The minimum absolute atomic E-state index is 0.531. The van der Waals surface area contributed by atoms with Crippen LogP contribution in [0.2, 0.25) is 0 Å². The Labute approximate surface area is 194 Å². The Morgan fingerprint density at radius 1 is 0.879 bits per heavy atom. The maximum absolute atomic E-state index is 13.7. The first-order valence-electron chi connectivity index (χ1n) is 11.1. The SMILES string of the molecule is CCCN(CCC)c1ccc(C=Cc2ccc(C=Cc3ccc([N+](=O)[O-])c(F)c3)nc2)cc1. The fourth-order valence-corrected chi connectivity index (χ4v) is 3.47. The first-order valence-corrected chi connectivity index (χ1v) is 11.1. The molecule has 5 nitrogen and oxygen atoms in total. The first-order chi connectivity index (χ1) is 16.0. The average molecular weight is 446 g/mol. The molecule has 0 saturated carbocycles. The van der Waals surface area contributed by atoms with Crippen LogP contribution in [-0.4, -0.2) is 23.0 Å². The standard InChI is InChI=1S/C27H28FN3O2/c1-3-17-30(18-4-2)25-14-9-21(10-15-25)5-6-23-8-13-24(29-20-23)12-7-22-11-16-27(31(32)33)26(28)19-22/h5-16,19-20H,3-4,17-18H2,1-2H3. The molecule has 2 aromatic carbocycles. The topological polar surface area (TPSA) is 59.3 Å². The molecule has 0 unspecified atom stereocenters. The molecule has 0 bridgehead atoms. The molecule has 0 fully saturated rings. The summed E-state index contributed by atoms with van der Waals surface area (Å²) in [5, 5.41) is 10.7. The molecule has 0 aliphatic carbocycles. The van der Waals surface area contributed by atoms with Crippen molar-refractivity contribution in [2.24, 2.45) is 0 Å². The van der Waals surface area contributed by atoms with Gasteiger partial charge in [0, 0.05) is 31.0 Å². The lowest BCUT2D eigenvalue weighted by Crippen LogP contribution is -2.24. The van der Waals surface area contributed by atoms with Gasteiger partial charge in [-0.05, 0) is 65.9 Å². The van der Waals surface area contributed by atoms with Gasteiger partial charge in [-0.3, -0.25) is 15.1 Å². The molecule has 1 aromatic heterocycles. The van der Waals surface area contributed by atoms with Crippen LogP contribution in [-0.2, 0) is 0 Å². The van der Waals surface area contributed by atoms with E-state index in [1.807, 2.05) is 18.2 Å². The molecule has 6 heteroatoms. The third-order valence-corrected chi connectivity index (χ3v) is 5.14. The third kappa shape index (κ3) is 6.84. The number of nitro benzene ring substituents is 1. The van der Waals surface area contributed by atoms with E-state index in [1.165, 1.54) is 11.8 Å². The second-order valence-electron chi connectivity index (χ2n) is 7.73. The highest BCUT2D eigenvalue weighted by Crippen LogP contribution is 2.20. The van der Waals surface area contributed by atoms with Gasteiger partial charge in [0.1, 0.15) is 0 Å². The van der Waals surface area contributed by atoms with Gasteiger partial charge in [0.25, 0.3) is 0 Å². The lowest BCUT2D eigenvalue weighted by atomic mass is 10.1. The molecule has 0 aliphatic heterocycles. The molecule has 3 rings (SSSR count).